The van der Waals surface area contributed by atoms with Crippen LogP contribution in [0.4, 0.5) is 0 Å². The van der Waals surface area contributed by atoms with Gasteiger partial charge in [-0.15, -0.1) is 0 Å². The van der Waals surface area contributed by atoms with Crippen molar-refractivity contribution in [1.82, 2.24) is 10.3 Å². The molecule has 1 aliphatic rings. The summed E-state index contributed by atoms with van der Waals surface area (Å²) in [6, 6.07) is 3.61. The van der Waals surface area contributed by atoms with Crippen LogP contribution in [-0.4, -0.2) is 36.9 Å². The highest BCUT2D eigenvalue weighted by Crippen LogP contribution is 2.11. The van der Waals surface area contributed by atoms with E-state index in [1.165, 1.54) is 0 Å². The Morgan fingerprint density at radius 3 is 2.94 bits per heavy atom. The average Bonchev–Trinajstić information content (AvgIpc) is 2.85. The normalized spacial score (nSPS) is 22.5. The van der Waals surface area contributed by atoms with E-state index in [-0.39, 0.29) is 23.5 Å². The summed E-state index contributed by atoms with van der Waals surface area (Å²) in [4.78, 5) is 14.6. The van der Waals surface area contributed by atoms with Crippen LogP contribution in [0.2, 0.25) is 0 Å². The molecule has 2 heterocycles. The topological polar surface area (TPSA) is 79.0 Å². The molecule has 6 heteroatoms. The van der Waals surface area contributed by atoms with Gasteiger partial charge in [-0.2, -0.15) is 0 Å². The smallest absolute Gasteiger partial charge is 0.220 e. The van der Waals surface area contributed by atoms with Crippen molar-refractivity contribution in [3.8, 4) is 0 Å². The lowest BCUT2D eigenvalue weighted by molar-refractivity contribution is -0.121. The maximum absolute atomic E-state index is 11.6. The van der Waals surface area contributed by atoms with E-state index in [0.29, 0.717) is 19.3 Å². The molecule has 1 fully saturated rings. The highest BCUT2D eigenvalue weighted by molar-refractivity contribution is 7.91. The molecule has 1 aromatic rings. The van der Waals surface area contributed by atoms with E-state index in [2.05, 4.69) is 10.3 Å². The highest BCUT2D eigenvalue weighted by Gasteiger charge is 2.28. The maximum atomic E-state index is 11.6. The lowest BCUT2D eigenvalue weighted by Gasteiger charge is -2.10. The van der Waals surface area contributed by atoms with Gasteiger partial charge in [0.1, 0.15) is 0 Å². The van der Waals surface area contributed by atoms with Crippen molar-refractivity contribution in [2.24, 2.45) is 0 Å². The van der Waals surface area contributed by atoms with Crippen LogP contribution in [0.5, 0.6) is 0 Å². The van der Waals surface area contributed by atoms with Crippen LogP contribution in [0.15, 0.2) is 18.3 Å². The third-order valence-corrected chi connectivity index (χ3v) is 4.65. The van der Waals surface area contributed by atoms with Crippen molar-refractivity contribution in [3.05, 3.63) is 24.0 Å². The molecule has 2 N–H and O–H groups in total. The van der Waals surface area contributed by atoms with E-state index in [4.69, 9.17) is 0 Å². The summed E-state index contributed by atoms with van der Waals surface area (Å²) < 4.78 is 22.4. The van der Waals surface area contributed by atoms with E-state index < -0.39 is 9.84 Å². The van der Waals surface area contributed by atoms with Crippen LogP contribution >= 0.6 is 0 Å². The number of hydrogen-bond acceptors (Lipinski definition) is 3. The Labute approximate surface area is 101 Å². The van der Waals surface area contributed by atoms with E-state index in [1.54, 1.807) is 0 Å². The van der Waals surface area contributed by atoms with E-state index in [9.17, 15) is 13.2 Å². The van der Waals surface area contributed by atoms with Gasteiger partial charge in [-0.05, 0) is 25.0 Å². The standard InChI is InChI=1S/C11H16N2O3S/c14-11(4-3-9-2-1-6-12-9)13-10-5-7-17(15,16)8-10/h1-2,6,10,12H,3-5,7-8H2,(H,13,14). The van der Waals surface area contributed by atoms with Crippen molar-refractivity contribution in [2.75, 3.05) is 11.5 Å². The Bertz CT molecular complexity index is 479. The van der Waals surface area contributed by atoms with Gasteiger partial charge in [-0.3, -0.25) is 4.79 Å². The molecule has 1 aromatic heterocycles. The van der Waals surface area contributed by atoms with Crippen molar-refractivity contribution in [2.45, 2.75) is 25.3 Å². The average molecular weight is 256 g/mol. The van der Waals surface area contributed by atoms with E-state index in [1.807, 2.05) is 18.3 Å². The zero-order valence-corrected chi connectivity index (χ0v) is 10.3. The fourth-order valence-electron chi connectivity index (χ4n) is 1.98. The molecule has 0 spiro atoms. The molecule has 0 bridgehead atoms. The molecule has 1 atom stereocenters. The molecule has 0 aliphatic carbocycles. The first-order chi connectivity index (χ1) is 8.05. The second-order valence-electron chi connectivity index (χ2n) is 4.36. The summed E-state index contributed by atoms with van der Waals surface area (Å²) in [5, 5.41) is 2.76. The molecule has 1 saturated heterocycles. The number of H-pyrrole nitrogens is 1. The third-order valence-electron chi connectivity index (χ3n) is 2.88. The minimum Gasteiger partial charge on any atom is -0.365 e. The number of nitrogens with one attached hydrogen (secondary N) is 2. The number of aromatic amines is 1. The van der Waals surface area contributed by atoms with Crippen molar-refractivity contribution < 1.29 is 13.2 Å². The van der Waals surface area contributed by atoms with E-state index >= 15 is 0 Å². The predicted molar refractivity (Wildman–Crippen MR) is 64.3 cm³/mol. The third kappa shape index (κ3) is 3.59. The van der Waals surface area contributed by atoms with Gasteiger partial charge in [-0.1, -0.05) is 0 Å². The zero-order chi connectivity index (χ0) is 12.3. The summed E-state index contributed by atoms with van der Waals surface area (Å²) in [6.45, 7) is 0. The quantitative estimate of drug-likeness (QED) is 0.810. The summed E-state index contributed by atoms with van der Waals surface area (Å²) >= 11 is 0. The van der Waals surface area contributed by atoms with Crippen LogP contribution in [0.3, 0.4) is 0 Å². The number of rotatable bonds is 4. The van der Waals surface area contributed by atoms with Crippen LogP contribution < -0.4 is 5.32 Å². The first kappa shape index (κ1) is 12.2. The molecule has 2 rings (SSSR count). The molecule has 5 nitrogen and oxygen atoms in total. The molecule has 17 heavy (non-hydrogen) atoms. The number of amides is 1. The minimum atomic E-state index is -2.92. The largest absolute Gasteiger partial charge is 0.365 e. The minimum absolute atomic E-state index is 0.0818. The summed E-state index contributed by atoms with van der Waals surface area (Å²) in [7, 11) is -2.92. The molecule has 1 aliphatic heterocycles. The molecule has 94 valence electrons. The predicted octanol–water partition coefficient (Wildman–Crippen LogP) is 0.251. The van der Waals surface area contributed by atoms with Crippen LogP contribution in [-0.2, 0) is 21.1 Å². The Kier molecular flexibility index (Phi) is 3.51. The van der Waals surface area contributed by atoms with Gasteiger partial charge in [0.15, 0.2) is 9.84 Å². The molecule has 0 saturated carbocycles. The van der Waals surface area contributed by atoms with Crippen molar-refractivity contribution >= 4 is 15.7 Å². The van der Waals surface area contributed by atoms with Gasteiger partial charge in [-0.25, -0.2) is 8.42 Å². The first-order valence-corrected chi connectivity index (χ1v) is 7.49. The number of aromatic nitrogens is 1. The Hall–Kier alpha value is -1.30. The Balaban J connectivity index is 1.75. The van der Waals surface area contributed by atoms with Crippen LogP contribution in [0.1, 0.15) is 18.5 Å². The van der Waals surface area contributed by atoms with Gasteiger partial charge in [0.2, 0.25) is 5.91 Å². The van der Waals surface area contributed by atoms with Crippen LogP contribution in [0, 0.1) is 0 Å². The fourth-order valence-corrected chi connectivity index (χ4v) is 3.65. The van der Waals surface area contributed by atoms with Gasteiger partial charge in [0.25, 0.3) is 0 Å². The van der Waals surface area contributed by atoms with Gasteiger partial charge in [0.05, 0.1) is 11.5 Å². The molecular formula is C11H16N2O3S. The number of carbonyl (C=O) groups excluding carboxylic acids is 1. The van der Waals surface area contributed by atoms with E-state index in [0.717, 1.165) is 5.69 Å². The Morgan fingerprint density at radius 2 is 2.35 bits per heavy atom. The second-order valence-corrected chi connectivity index (χ2v) is 6.59. The molecule has 0 aromatic carbocycles. The summed E-state index contributed by atoms with van der Waals surface area (Å²) in [5.41, 5.74) is 1.01. The molecule has 1 amide bonds. The fraction of sp³-hybridized carbons (Fsp3) is 0.545. The molecule has 1 unspecified atom stereocenters. The van der Waals surface area contributed by atoms with Gasteiger partial charge in [0, 0.05) is 24.4 Å². The second kappa shape index (κ2) is 4.91. The number of aryl methyl sites for hydroxylation is 1. The van der Waals surface area contributed by atoms with Crippen LogP contribution in [0.25, 0.3) is 0 Å². The van der Waals surface area contributed by atoms with Gasteiger partial charge < -0.3 is 10.3 Å². The highest BCUT2D eigenvalue weighted by atomic mass is 32.2. The molecule has 0 radical (unpaired) electrons. The molecular weight excluding hydrogens is 240 g/mol. The first-order valence-electron chi connectivity index (χ1n) is 5.67. The zero-order valence-electron chi connectivity index (χ0n) is 9.48. The SMILES string of the molecule is O=C(CCc1ccc[nH]1)NC1CCS(=O)(=O)C1. The lowest BCUT2D eigenvalue weighted by Crippen LogP contribution is -2.35. The number of sulfone groups is 1. The number of carbonyl (C=O) groups is 1. The lowest BCUT2D eigenvalue weighted by atomic mass is 10.2. The number of hydrogen-bond donors (Lipinski definition) is 2. The van der Waals surface area contributed by atoms with Crippen molar-refractivity contribution in [1.29, 1.82) is 0 Å². The summed E-state index contributed by atoms with van der Waals surface area (Å²) in [5.74, 6) is 0.192. The Morgan fingerprint density at radius 1 is 1.53 bits per heavy atom. The monoisotopic (exact) mass is 256 g/mol. The maximum Gasteiger partial charge on any atom is 0.220 e. The summed E-state index contributed by atoms with van der Waals surface area (Å²) in [6.07, 6.45) is 3.39. The van der Waals surface area contributed by atoms with Gasteiger partial charge >= 0.3 is 0 Å². The van der Waals surface area contributed by atoms with Crippen molar-refractivity contribution in [3.63, 3.8) is 0 Å².